The molecule has 0 bridgehead atoms. The number of anilines is 1. The number of nitrogens with zero attached hydrogens (tertiary/aromatic N) is 2. The fourth-order valence-electron chi connectivity index (χ4n) is 3.13. The molecule has 0 spiro atoms. The third kappa shape index (κ3) is 4.75. The summed E-state index contributed by atoms with van der Waals surface area (Å²) in [5.41, 5.74) is 2.78. The van der Waals surface area contributed by atoms with Gasteiger partial charge in [0, 0.05) is 30.1 Å². The van der Waals surface area contributed by atoms with Crippen LogP contribution in [0.3, 0.4) is 0 Å². The van der Waals surface area contributed by atoms with Crippen LogP contribution in [0.1, 0.15) is 24.4 Å². The van der Waals surface area contributed by atoms with E-state index in [0.717, 1.165) is 23.2 Å². The van der Waals surface area contributed by atoms with E-state index in [4.69, 9.17) is 5.11 Å². The van der Waals surface area contributed by atoms with Crippen LogP contribution in [0.4, 0.5) is 5.69 Å². The minimum Gasteiger partial charge on any atom is -0.480 e. The van der Waals surface area contributed by atoms with Gasteiger partial charge in [0.2, 0.25) is 5.52 Å². The zero-order valence-corrected chi connectivity index (χ0v) is 17.5. The van der Waals surface area contributed by atoms with Crippen molar-refractivity contribution in [1.29, 1.82) is 0 Å². The molecule has 1 aromatic heterocycles. The third-order valence-corrected chi connectivity index (χ3v) is 5.85. The van der Waals surface area contributed by atoms with E-state index in [1.54, 1.807) is 23.5 Å². The number of carbonyl (C=O) groups is 2. The number of aliphatic carboxylic acids is 2. The van der Waals surface area contributed by atoms with Gasteiger partial charge in [-0.1, -0.05) is 35.6 Å². The summed E-state index contributed by atoms with van der Waals surface area (Å²) in [6.45, 7) is 4.50. The predicted octanol–water partition coefficient (Wildman–Crippen LogP) is 4.26. The number of fused-ring (bicyclic) bond motifs is 1. The molecule has 1 heterocycles. The van der Waals surface area contributed by atoms with E-state index in [-0.39, 0.29) is 0 Å². The maximum Gasteiger partial charge on any atom is 0.329 e. The number of para-hydroxylation sites is 1. The molecule has 0 aliphatic heterocycles. The molecule has 1 unspecified atom stereocenters. The van der Waals surface area contributed by atoms with Gasteiger partial charge in [-0.3, -0.25) is 0 Å². The highest BCUT2D eigenvalue weighted by Gasteiger charge is 2.19. The molecule has 6 nitrogen and oxygen atoms in total. The van der Waals surface area contributed by atoms with Crippen molar-refractivity contribution in [2.24, 2.45) is 0 Å². The molecule has 3 aromatic rings. The zero-order chi connectivity index (χ0) is 21.7. The Kier molecular flexibility index (Phi) is 6.64. The Morgan fingerprint density at radius 1 is 1.10 bits per heavy atom. The summed E-state index contributed by atoms with van der Waals surface area (Å²) in [5.74, 6) is -2.17. The first-order chi connectivity index (χ1) is 14.4. The average molecular weight is 424 g/mol. The molecule has 30 heavy (non-hydrogen) atoms. The highest BCUT2D eigenvalue weighted by Crippen LogP contribution is 2.23. The molecular formula is C23H23N2O4S+. The highest BCUT2D eigenvalue weighted by molar-refractivity contribution is 7.18. The molecule has 0 amide bonds. The molecular weight excluding hydrogens is 400 g/mol. The van der Waals surface area contributed by atoms with Crippen LogP contribution in [0.5, 0.6) is 0 Å². The topological polar surface area (TPSA) is 81.7 Å². The maximum atomic E-state index is 11.4. The third-order valence-electron chi connectivity index (χ3n) is 4.71. The van der Waals surface area contributed by atoms with E-state index in [1.165, 1.54) is 28.2 Å². The number of carboxylic acids is 2. The molecule has 7 heteroatoms. The minimum absolute atomic E-state index is 0.602. The monoisotopic (exact) mass is 423 g/mol. The van der Waals surface area contributed by atoms with Crippen molar-refractivity contribution in [3.05, 3.63) is 71.4 Å². The summed E-state index contributed by atoms with van der Waals surface area (Å²) < 4.78 is 3.50. The fraction of sp³-hybridized carbons (Fsp3) is 0.174. The van der Waals surface area contributed by atoms with Crippen LogP contribution >= 0.6 is 11.3 Å². The smallest absolute Gasteiger partial charge is 0.329 e. The first-order valence-corrected chi connectivity index (χ1v) is 10.3. The zero-order valence-electron chi connectivity index (χ0n) is 16.7. The average Bonchev–Trinajstić information content (AvgIpc) is 3.10. The van der Waals surface area contributed by atoms with Crippen LogP contribution in [0, 0.1) is 0 Å². The SMILES string of the molecule is CC[n+]1c(C=Cc2ccc(N(/C=C\C(=O)O)C(C)C(=O)O)cc2)sc2ccccc21. The van der Waals surface area contributed by atoms with Crippen molar-refractivity contribution in [2.75, 3.05) is 4.90 Å². The Bertz CT molecular complexity index is 1120. The maximum absolute atomic E-state index is 11.4. The van der Waals surface area contributed by atoms with Crippen LogP contribution < -0.4 is 9.47 Å². The number of benzene rings is 2. The van der Waals surface area contributed by atoms with Crippen molar-refractivity contribution >= 4 is 51.3 Å². The molecule has 2 N–H and O–H groups in total. The van der Waals surface area contributed by atoms with Gasteiger partial charge in [-0.25, -0.2) is 9.59 Å². The second-order valence-corrected chi connectivity index (χ2v) is 7.71. The number of thiazole rings is 1. The molecule has 0 saturated heterocycles. The van der Waals surface area contributed by atoms with Crippen LogP contribution in [0.2, 0.25) is 0 Å². The lowest BCUT2D eigenvalue weighted by molar-refractivity contribution is -0.665. The molecule has 154 valence electrons. The highest BCUT2D eigenvalue weighted by atomic mass is 32.1. The summed E-state index contributed by atoms with van der Waals surface area (Å²) in [4.78, 5) is 23.6. The van der Waals surface area contributed by atoms with Crippen LogP contribution in [0.25, 0.3) is 22.4 Å². The summed E-state index contributed by atoms with van der Waals surface area (Å²) in [6.07, 6.45) is 6.29. The summed E-state index contributed by atoms with van der Waals surface area (Å²) in [7, 11) is 0. The number of aromatic nitrogens is 1. The van der Waals surface area contributed by atoms with Crippen LogP contribution in [-0.4, -0.2) is 28.2 Å². The number of rotatable bonds is 8. The number of carboxylic acid groups (broad SMARTS) is 2. The lowest BCUT2D eigenvalue weighted by Crippen LogP contribution is -2.35. The number of hydrogen-bond donors (Lipinski definition) is 2. The van der Waals surface area contributed by atoms with Crippen molar-refractivity contribution in [2.45, 2.75) is 26.4 Å². The van der Waals surface area contributed by atoms with Gasteiger partial charge in [0.25, 0.3) is 5.01 Å². The van der Waals surface area contributed by atoms with Gasteiger partial charge in [0.05, 0.1) is 0 Å². The van der Waals surface area contributed by atoms with Crippen molar-refractivity contribution < 1.29 is 24.4 Å². The Labute approximate surface area is 178 Å². The van der Waals surface area contributed by atoms with E-state index in [2.05, 4.69) is 29.7 Å². The van der Waals surface area contributed by atoms with Crippen molar-refractivity contribution in [1.82, 2.24) is 0 Å². The second kappa shape index (κ2) is 9.37. The van der Waals surface area contributed by atoms with Gasteiger partial charge >= 0.3 is 11.9 Å². The molecule has 0 saturated carbocycles. The lowest BCUT2D eigenvalue weighted by Gasteiger charge is -2.24. The van der Waals surface area contributed by atoms with E-state index in [0.29, 0.717) is 5.69 Å². The molecule has 0 radical (unpaired) electrons. The van der Waals surface area contributed by atoms with E-state index >= 15 is 0 Å². The molecule has 0 aliphatic carbocycles. The number of aryl methyl sites for hydroxylation is 1. The molecule has 0 fully saturated rings. The second-order valence-electron chi connectivity index (χ2n) is 6.65. The number of hydrogen-bond acceptors (Lipinski definition) is 4. The first-order valence-electron chi connectivity index (χ1n) is 9.52. The van der Waals surface area contributed by atoms with Crippen molar-refractivity contribution in [3.8, 4) is 0 Å². The molecule has 0 aliphatic rings. The first kappa shape index (κ1) is 21.3. The summed E-state index contributed by atoms with van der Waals surface area (Å²) >= 11 is 1.73. The van der Waals surface area contributed by atoms with Crippen LogP contribution in [0.15, 0.2) is 60.8 Å². The molecule has 3 rings (SSSR count). The van der Waals surface area contributed by atoms with Gasteiger partial charge in [0.15, 0.2) is 0 Å². The largest absolute Gasteiger partial charge is 0.480 e. The standard InChI is InChI=1S/C23H22N2O4S/c1-3-24-19-6-4-5-7-20(19)30-21(24)13-10-17-8-11-18(12-9-17)25(15-14-22(26)27)16(2)23(28)29/h4-16H,3H2,1-2H3,(H-,26,27,28,29)/p+1/b15-14-. The Morgan fingerprint density at radius 2 is 1.80 bits per heavy atom. The van der Waals surface area contributed by atoms with E-state index in [9.17, 15) is 14.7 Å². The Balaban J connectivity index is 1.86. The van der Waals surface area contributed by atoms with Gasteiger partial charge in [-0.15, -0.1) is 0 Å². The van der Waals surface area contributed by atoms with E-state index < -0.39 is 18.0 Å². The minimum atomic E-state index is -1.13. The van der Waals surface area contributed by atoms with Gasteiger partial charge in [-0.05, 0) is 43.7 Å². The predicted molar refractivity (Wildman–Crippen MR) is 119 cm³/mol. The summed E-state index contributed by atoms with van der Waals surface area (Å²) in [6, 6.07) is 14.7. The summed E-state index contributed by atoms with van der Waals surface area (Å²) in [5, 5.41) is 19.3. The molecule has 2 aromatic carbocycles. The molecule has 1 atom stereocenters. The Morgan fingerprint density at radius 3 is 2.43 bits per heavy atom. The van der Waals surface area contributed by atoms with Gasteiger partial charge in [0.1, 0.15) is 17.3 Å². The van der Waals surface area contributed by atoms with Gasteiger partial charge < -0.3 is 15.1 Å². The fourth-order valence-corrected chi connectivity index (χ4v) is 4.26. The van der Waals surface area contributed by atoms with Gasteiger partial charge in [-0.2, -0.15) is 4.57 Å². The van der Waals surface area contributed by atoms with Crippen LogP contribution in [-0.2, 0) is 16.1 Å². The van der Waals surface area contributed by atoms with E-state index in [1.807, 2.05) is 30.3 Å². The quantitative estimate of drug-likeness (QED) is 0.418. The Hall–Kier alpha value is -3.45. The normalized spacial score (nSPS) is 12.6. The lowest BCUT2D eigenvalue weighted by atomic mass is 10.1. The van der Waals surface area contributed by atoms with Crippen molar-refractivity contribution in [3.63, 3.8) is 0 Å².